The summed E-state index contributed by atoms with van der Waals surface area (Å²) in [5.74, 6) is 0. The van der Waals surface area contributed by atoms with Gasteiger partial charge in [-0.15, -0.1) is 0 Å². The van der Waals surface area contributed by atoms with Gasteiger partial charge >= 0.3 is 0 Å². The van der Waals surface area contributed by atoms with Crippen molar-refractivity contribution in [2.75, 3.05) is 33.4 Å². The van der Waals surface area contributed by atoms with Gasteiger partial charge in [-0.25, -0.2) is 0 Å². The average molecular weight is 233 g/mol. The summed E-state index contributed by atoms with van der Waals surface area (Å²) in [4.78, 5) is 0. The third-order valence-electron chi connectivity index (χ3n) is 2.57. The molecule has 1 unspecified atom stereocenters. The van der Waals surface area contributed by atoms with Crippen molar-refractivity contribution in [2.24, 2.45) is 0 Å². The Morgan fingerprint density at radius 3 is 2.38 bits per heavy atom. The summed E-state index contributed by atoms with van der Waals surface area (Å²) in [7, 11) is 1.70. The van der Waals surface area contributed by atoms with Gasteiger partial charge in [-0.05, 0) is 33.7 Å². The Hall–Kier alpha value is -0.160. The molecule has 4 heteroatoms. The largest absolute Gasteiger partial charge is 0.386 e. The molecule has 0 aromatic rings. The zero-order valence-electron chi connectivity index (χ0n) is 11.3. The minimum Gasteiger partial charge on any atom is -0.386 e. The maximum Gasteiger partial charge on any atom is 0.0975 e. The van der Waals surface area contributed by atoms with Gasteiger partial charge in [0.15, 0.2) is 0 Å². The molecule has 0 saturated carbocycles. The Balaban J connectivity index is 3.64. The fourth-order valence-corrected chi connectivity index (χ4v) is 1.16. The molecule has 98 valence electrons. The molecule has 0 fully saturated rings. The van der Waals surface area contributed by atoms with Crippen LogP contribution >= 0.6 is 0 Å². The summed E-state index contributed by atoms with van der Waals surface area (Å²) in [6, 6.07) is 0. The number of ether oxygens (including phenoxy) is 2. The number of nitrogens with one attached hydrogen (secondary N) is 1. The quantitative estimate of drug-likeness (QED) is 0.587. The zero-order chi connectivity index (χ0) is 12.7. The van der Waals surface area contributed by atoms with E-state index in [-0.39, 0.29) is 5.60 Å². The third-order valence-corrected chi connectivity index (χ3v) is 2.57. The van der Waals surface area contributed by atoms with E-state index in [0.29, 0.717) is 19.8 Å². The van der Waals surface area contributed by atoms with E-state index in [4.69, 9.17) is 9.47 Å². The number of hydrogen-bond acceptors (Lipinski definition) is 4. The lowest BCUT2D eigenvalue weighted by Crippen LogP contribution is -2.42. The van der Waals surface area contributed by atoms with Crippen molar-refractivity contribution in [1.82, 2.24) is 5.32 Å². The van der Waals surface area contributed by atoms with Gasteiger partial charge in [-0.3, -0.25) is 0 Å². The van der Waals surface area contributed by atoms with Crippen LogP contribution in [0.1, 0.15) is 34.1 Å². The minimum absolute atomic E-state index is 0.159. The number of methoxy groups -OCH3 is 1. The number of rotatable bonds is 9. The SMILES string of the molecule is CCNCC(C)(O)COCCC(C)(C)OC. The molecular weight excluding hydrogens is 206 g/mol. The van der Waals surface area contributed by atoms with Crippen LogP contribution in [-0.4, -0.2) is 49.7 Å². The molecule has 0 spiro atoms. The maximum absolute atomic E-state index is 9.91. The lowest BCUT2D eigenvalue weighted by atomic mass is 10.1. The number of likely N-dealkylation sites (N-methyl/N-ethyl adjacent to an activating group) is 1. The van der Waals surface area contributed by atoms with E-state index in [1.165, 1.54) is 0 Å². The molecular formula is C12H27NO3. The second kappa shape index (κ2) is 7.22. The predicted octanol–water partition coefficient (Wildman–Crippen LogP) is 1.18. The van der Waals surface area contributed by atoms with Gasteiger partial charge < -0.3 is 19.9 Å². The molecule has 0 rings (SSSR count). The van der Waals surface area contributed by atoms with Crippen molar-refractivity contribution in [3.63, 3.8) is 0 Å². The van der Waals surface area contributed by atoms with Crippen LogP contribution in [0, 0.1) is 0 Å². The van der Waals surface area contributed by atoms with E-state index in [1.54, 1.807) is 14.0 Å². The van der Waals surface area contributed by atoms with Gasteiger partial charge in [-0.1, -0.05) is 6.92 Å². The van der Waals surface area contributed by atoms with E-state index in [0.717, 1.165) is 13.0 Å². The standard InChI is InChI=1S/C12H27NO3/c1-6-13-9-12(4,14)10-16-8-7-11(2,3)15-5/h13-14H,6-10H2,1-5H3. The molecule has 0 bridgehead atoms. The molecule has 4 nitrogen and oxygen atoms in total. The maximum atomic E-state index is 9.91. The van der Waals surface area contributed by atoms with E-state index in [1.807, 2.05) is 20.8 Å². The summed E-state index contributed by atoms with van der Waals surface area (Å²) < 4.78 is 10.7. The van der Waals surface area contributed by atoms with E-state index < -0.39 is 5.60 Å². The lowest BCUT2D eigenvalue weighted by molar-refractivity contribution is -0.0546. The zero-order valence-corrected chi connectivity index (χ0v) is 11.3. The molecule has 0 aromatic heterocycles. The predicted molar refractivity (Wildman–Crippen MR) is 65.7 cm³/mol. The van der Waals surface area contributed by atoms with Gasteiger partial charge in [-0.2, -0.15) is 0 Å². The molecule has 1 atom stereocenters. The van der Waals surface area contributed by atoms with Crippen molar-refractivity contribution >= 4 is 0 Å². The Morgan fingerprint density at radius 2 is 1.88 bits per heavy atom. The van der Waals surface area contributed by atoms with Gasteiger partial charge in [0.2, 0.25) is 0 Å². The normalized spacial score (nSPS) is 16.1. The summed E-state index contributed by atoms with van der Waals surface area (Å²) >= 11 is 0. The Labute approximate surface area is 99.3 Å². The number of hydrogen-bond donors (Lipinski definition) is 2. The van der Waals surface area contributed by atoms with Crippen LogP contribution < -0.4 is 5.32 Å². The van der Waals surface area contributed by atoms with Gasteiger partial charge in [0.05, 0.1) is 17.8 Å². The smallest absolute Gasteiger partial charge is 0.0975 e. The molecule has 0 aliphatic carbocycles. The van der Waals surface area contributed by atoms with Crippen molar-refractivity contribution in [3.8, 4) is 0 Å². The van der Waals surface area contributed by atoms with Gasteiger partial charge in [0, 0.05) is 20.3 Å². The topological polar surface area (TPSA) is 50.7 Å². The molecule has 16 heavy (non-hydrogen) atoms. The highest BCUT2D eigenvalue weighted by Gasteiger charge is 2.21. The molecule has 0 aromatic carbocycles. The van der Waals surface area contributed by atoms with E-state index in [9.17, 15) is 5.11 Å². The van der Waals surface area contributed by atoms with Gasteiger partial charge in [0.25, 0.3) is 0 Å². The van der Waals surface area contributed by atoms with Crippen LogP contribution in [0.2, 0.25) is 0 Å². The van der Waals surface area contributed by atoms with Crippen LogP contribution in [0.4, 0.5) is 0 Å². The van der Waals surface area contributed by atoms with Crippen LogP contribution in [0.3, 0.4) is 0 Å². The van der Waals surface area contributed by atoms with Crippen LogP contribution in [0.5, 0.6) is 0 Å². The Morgan fingerprint density at radius 1 is 1.25 bits per heavy atom. The van der Waals surface area contributed by atoms with Crippen LogP contribution in [0.15, 0.2) is 0 Å². The fourth-order valence-electron chi connectivity index (χ4n) is 1.16. The Kier molecular flexibility index (Phi) is 7.15. The molecule has 0 aliphatic rings. The second-order valence-electron chi connectivity index (χ2n) is 5.04. The average Bonchev–Trinajstić information content (AvgIpc) is 2.22. The first-order chi connectivity index (χ1) is 7.33. The molecule has 0 radical (unpaired) electrons. The van der Waals surface area contributed by atoms with Crippen molar-refractivity contribution in [2.45, 2.75) is 45.3 Å². The molecule has 0 heterocycles. The molecule has 2 N–H and O–H groups in total. The first-order valence-corrected chi connectivity index (χ1v) is 5.89. The van der Waals surface area contributed by atoms with Crippen LogP contribution in [0.25, 0.3) is 0 Å². The fraction of sp³-hybridized carbons (Fsp3) is 1.00. The van der Waals surface area contributed by atoms with Crippen molar-refractivity contribution < 1.29 is 14.6 Å². The Bertz CT molecular complexity index is 181. The minimum atomic E-state index is -0.798. The molecule has 0 saturated heterocycles. The van der Waals surface area contributed by atoms with Crippen LogP contribution in [-0.2, 0) is 9.47 Å². The van der Waals surface area contributed by atoms with Crippen molar-refractivity contribution in [3.05, 3.63) is 0 Å². The highest BCUT2D eigenvalue weighted by molar-refractivity contribution is 4.75. The van der Waals surface area contributed by atoms with Crippen molar-refractivity contribution in [1.29, 1.82) is 0 Å². The summed E-state index contributed by atoms with van der Waals surface area (Å²) in [6.45, 7) is 10.2. The second-order valence-corrected chi connectivity index (χ2v) is 5.04. The highest BCUT2D eigenvalue weighted by Crippen LogP contribution is 2.13. The monoisotopic (exact) mass is 233 g/mol. The summed E-state index contributed by atoms with van der Waals surface area (Å²) in [5.41, 5.74) is -0.958. The van der Waals surface area contributed by atoms with E-state index >= 15 is 0 Å². The lowest BCUT2D eigenvalue weighted by Gasteiger charge is -2.26. The highest BCUT2D eigenvalue weighted by atomic mass is 16.5. The summed E-state index contributed by atoms with van der Waals surface area (Å²) in [6.07, 6.45) is 0.820. The molecule has 0 amide bonds. The van der Waals surface area contributed by atoms with E-state index in [2.05, 4.69) is 5.32 Å². The third kappa shape index (κ3) is 8.05. The number of aliphatic hydroxyl groups is 1. The first-order valence-electron chi connectivity index (χ1n) is 5.89. The molecule has 0 aliphatic heterocycles. The first kappa shape index (κ1) is 15.8. The van der Waals surface area contributed by atoms with Gasteiger partial charge in [0.1, 0.15) is 0 Å². The summed E-state index contributed by atoms with van der Waals surface area (Å²) in [5, 5.41) is 13.0.